The lowest BCUT2D eigenvalue weighted by Crippen LogP contribution is -2.47. The molecule has 0 radical (unpaired) electrons. The number of amides is 1. The molecule has 7 heteroatoms. The summed E-state index contributed by atoms with van der Waals surface area (Å²) in [5, 5.41) is 0.381. The summed E-state index contributed by atoms with van der Waals surface area (Å²) in [6.45, 7) is 6.74. The second-order valence-corrected chi connectivity index (χ2v) is 8.12. The van der Waals surface area contributed by atoms with E-state index in [1.54, 1.807) is 12.2 Å². The van der Waals surface area contributed by atoms with Gasteiger partial charge in [0.25, 0.3) is 0 Å². The van der Waals surface area contributed by atoms with E-state index < -0.39 is 0 Å². The van der Waals surface area contributed by atoms with Crippen molar-refractivity contribution in [2.75, 3.05) is 32.8 Å². The number of carbonyl (C=O) groups is 1. The molecule has 31 heavy (non-hydrogen) atoms. The highest BCUT2D eigenvalue weighted by Gasteiger charge is 2.22. The molecule has 1 atom stereocenters. The second kappa shape index (κ2) is 10.1. The normalized spacial score (nSPS) is 16.1. The van der Waals surface area contributed by atoms with E-state index in [-0.39, 0.29) is 11.9 Å². The molecule has 0 N–H and O–H groups in total. The Morgan fingerprint density at radius 2 is 1.94 bits per heavy atom. The van der Waals surface area contributed by atoms with Gasteiger partial charge in [0.05, 0.1) is 18.9 Å². The molecule has 6 nitrogen and oxygen atoms in total. The molecule has 0 bridgehead atoms. The molecule has 0 spiro atoms. The first-order valence-electron chi connectivity index (χ1n) is 10.6. The van der Waals surface area contributed by atoms with E-state index in [1.807, 2.05) is 64.0 Å². The smallest absolute Gasteiger partial charge is 0.247 e. The molecule has 1 aromatic carbocycles. The number of halogens is 1. The first kappa shape index (κ1) is 21.6. The van der Waals surface area contributed by atoms with Gasteiger partial charge in [-0.25, -0.2) is 4.98 Å². The Morgan fingerprint density at radius 1 is 1.19 bits per heavy atom. The van der Waals surface area contributed by atoms with Crippen LogP contribution in [0.25, 0.3) is 11.7 Å². The molecule has 1 aliphatic heterocycles. The summed E-state index contributed by atoms with van der Waals surface area (Å²) in [7, 11) is 0. The van der Waals surface area contributed by atoms with Gasteiger partial charge in [-0.1, -0.05) is 48.0 Å². The lowest BCUT2D eigenvalue weighted by Gasteiger charge is -2.34. The molecule has 4 rings (SSSR count). The minimum atomic E-state index is -0.0495. The number of carbonyl (C=O) groups excluding carboxylic acids is 1. The van der Waals surface area contributed by atoms with Gasteiger partial charge in [-0.15, -0.1) is 0 Å². The third-order valence-corrected chi connectivity index (χ3v) is 5.82. The molecule has 3 heterocycles. The van der Waals surface area contributed by atoms with Gasteiger partial charge < -0.3 is 9.64 Å². The van der Waals surface area contributed by atoms with Crippen LogP contribution in [0.15, 0.2) is 60.8 Å². The van der Waals surface area contributed by atoms with Crippen LogP contribution < -0.4 is 0 Å². The molecule has 1 amide bonds. The van der Waals surface area contributed by atoms with E-state index in [4.69, 9.17) is 16.3 Å². The molecule has 0 saturated carbocycles. The minimum Gasteiger partial charge on any atom is -0.379 e. The van der Waals surface area contributed by atoms with Gasteiger partial charge in [0.2, 0.25) is 5.91 Å². The quantitative estimate of drug-likeness (QED) is 0.527. The average Bonchev–Trinajstić information content (AvgIpc) is 3.12. The van der Waals surface area contributed by atoms with Crippen molar-refractivity contribution < 1.29 is 9.53 Å². The summed E-state index contributed by atoms with van der Waals surface area (Å²) in [5.41, 5.74) is 2.55. The zero-order chi connectivity index (χ0) is 21.6. The standard InChI is InChI=1S/C24H27ClN4O2/c1-19(17-27-13-15-31-16-14-27)29(18-20-7-3-2-4-8-20)23(30)11-10-21-24(25)26-22-9-5-6-12-28(21)22/h2-12,19H,13-18H2,1H3/b11-10+. The third kappa shape index (κ3) is 5.34. The number of imidazole rings is 1. The van der Waals surface area contributed by atoms with Crippen molar-refractivity contribution in [1.29, 1.82) is 0 Å². The van der Waals surface area contributed by atoms with Crippen molar-refractivity contribution >= 4 is 29.2 Å². The Balaban J connectivity index is 1.55. The zero-order valence-corrected chi connectivity index (χ0v) is 18.4. The predicted octanol–water partition coefficient (Wildman–Crippen LogP) is 3.75. The number of pyridine rings is 1. The molecule has 0 aliphatic carbocycles. The summed E-state index contributed by atoms with van der Waals surface area (Å²) in [6.07, 6.45) is 5.24. The number of ether oxygens (including phenoxy) is 1. The summed E-state index contributed by atoms with van der Waals surface area (Å²) in [6, 6.07) is 15.8. The number of hydrogen-bond acceptors (Lipinski definition) is 4. The molecule has 2 aromatic heterocycles. The summed E-state index contributed by atoms with van der Waals surface area (Å²) < 4.78 is 7.34. The van der Waals surface area contributed by atoms with Crippen LogP contribution in [-0.4, -0.2) is 64.0 Å². The van der Waals surface area contributed by atoms with Gasteiger partial charge in [0.15, 0.2) is 5.15 Å². The highest BCUT2D eigenvalue weighted by Crippen LogP contribution is 2.19. The van der Waals surface area contributed by atoms with Crippen molar-refractivity contribution in [1.82, 2.24) is 19.2 Å². The maximum Gasteiger partial charge on any atom is 0.247 e. The van der Waals surface area contributed by atoms with Crippen LogP contribution in [0.4, 0.5) is 0 Å². The van der Waals surface area contributed by atoms with Crippen LogP contribution in [0, 0.1) is 0 Å². The van der Waals surface area contributed by atoms with Gasteiger partial charge >= 0.3 is 0 Å². The highest BCUT2D eigenvalue weighted by atomic mass is 35.5. The number of hydrogen-bond donors (Lipinski definition) is 0. The fourth-order valence-electron chi connectivity index (χ4n) is 3.87. The number of aromatic nitrogens is 2. The summed E-state index contributed by atoms with van der Waals surface area (Å²) in [4.78, 5) is 21.9. The van der Waals surface area contributed by atoms with Crippen molar-refractivity contribution in [2.24, 2.45) is 0 Å². The molecule has 162 valence electrons. The zero-order valence-electron chi connectivity index (χ0n) is 17.7. The van der Waals surface area contributed by atoms with Gasteiger partial charge in [0, 0.05) is 44.5 Å². The highest BCUT2D eigenvalue weighted by molar-refractivity contribution is 6.31. The number of rotatable bonds is 7. The van der Waals surface area contributed by atoms with Gasteiger partial charge in [-0.3, -0.25) is 14.1 Å². The Labute approximate surface area is 187 Å². The van der Waals surface area contributed by atoms with Crippen molar-refractivity contribution in [2.45, 2.75) is 19.5 Å². The third-order valence-electron chi connectivity index (χ3n) is 5.54. The number of benzene rings is 1. The van der Waals surface area contributed by atoms with Crippen LogP contribution in [0.3, 0.4) is 0 Å². The molecular formula is C24H27ClN4O2. The van der Waals surface area contributed by atoms with E-state index >= 15 is 0 Å². The van der Waals surface area contributed by atoms with Gasteiger partial charge in [-0.2, -0.15) is 0 Å². The maximum absolute atomic E-state index is 13.3. The fourth-order valence-corrected chi connectivity index (χ4v) is 4.11. The fraction of sp³-hybridized carbons (Fsp3) is 0.333. The summed E-state index contributed by atoms with van der Waals surface area (Å²) >= 11 is 6.33. The van der Waals surface area contributed by atoms with Crippen LogP contribution in [-0.2, 0) is 16.1 Å². The maximum atomic E-state index is 13.3. The first-order valence-corrected chi connectivity index (χ1v) is 10.9. The second-order valence-electron chi connectivity index (χ2n) is 7.76. The first-order chi connectivity index (χ1) is 15.1. The molecule has 3 aromatic rings. The lowest BCUT2D eigenvalue weighted by atomic mass is 10.1. The molecule has 1 aliphatic rings. The lowest BCUT2D eigenvalue weighted by molar-refractivity contribution is -0.129. The average molecular weight is 439 g/mol. The SMILES string of the molecule is CC(CN1CCOCC1)N(Cc1ccccc1)C(=O)/C=C/c1c(Cl)nc2ccccn12. The topological polar surface area (TPSA) is 50.1 Å². The van der Waals surface area contributed by atoms with E-state index in [9.17, 15) is 4.79 Å². The van der Waals surface area contributed by atoms with E-state index in [0.29, 0.717) is 17.4 Å². The molecule has 1 saturated heterocycles. The Kier molecular flexibility index (Phi) is 7.02. The van der Waals surface area contributed by atoms with Crippen molar-refractivity contribution in [3.05, 3.63) is 77.2 Å². The van der Waals surface area contributed by atoms with E-state index in [1.165, 1.54) is 0 Å². The number of morpholine rings is 1. The number of nitrogens with zero attached hydrogens (tertiary/aromatic N) is 4. The van der Waals surface area contributed by atoms with Gasteiger partial charge in [-0.05, 0) is 30.7 Å². The predicted molar refractivity (Wildman–Crippen MR) is 123 cm³/mol. The number of fused-ring (bicyclic) bond motifs is 1. The molecule has 1 fully saturated rings. The largest absolute Gasteiger partial charge is 0.379 e. The monoisotopic (exact) mass is 438 g/mol. The van der Waals surface area contributed by atoms with Crippen molar-refractivity contribution in [3.63, 3.8) is 0 Å². The van der Waals surface area contributed by atoms with Crippen molar-refractivity contribution in [3.8, 4) is 0 Å². The Bertz CT molecular complexity index is 1040. The van der Waals surface area contributed by atoms with Crippen LogP contribution in [0.1, 0.15) is 18.2 Å². The van der Waals surface area contributed by atoms with E-state index in [2.05, 4.69) is 16.8 Å². The molecular weight excluding hydrogens is 412 g/mol. The van der Waals surface area contributed by atoms with Crippen LogP contribution in [0.2, 0.25) is 5.15 Å². The van der Waals surface area contributed by atoms with Gasteiger partial charge in [0.1, 0.15) is 5.65 Å². The van der Waals surface area contributed by atoms with Crippen LogP contribution in [0.5, 0.6) is 0 Å². The van der Waals surface area contributed by atoms with Crippen LogP contribution >= 0.6 is 11.6 Å². The molecule has 1 unspecified atom stereocenters. The van der Waals surface area contributed by atoms with E-state index in [0.717, 1.165) is 44.1 Å². The Morgan fingerprint density at radius 3 is 2.71 bits per heavy atom. The minimum absolute atomic E-state index is 0.0492. The Hall–Kier alpha value is -2.67. The summed E-state index contributed by atoms with van der Waals surface area (Å²) in [5.74, 6) is -0.0495.